The summed E-state index contributed by atoms with van der Waals surface area (Å²) in [6, 6.07) is 0. The first kappa shape index (κ1) is 30.9. The van der Waals surface area contributed by atoms with Gasteiger partial charge in [-0.25, -0.2) is 4.79 Å². The van der Waals surface area contributed by atoms with Gasteiger partial charge in [-0.2, -0.15) is 0 Å². The van der Waals surface area contributed by atoms with E-state index >= 15 is 0 Å². The van der Waals surface area contributed by atoms with Crippen LogP contribution < -0.4 is 0 Å². The summed E-state index contributed by atoms with van der Waals surface area (Å²) in [7, 11) is 0. The minimum Gasteiger partial charge on any atom is -0.478 e. The molecular weight excluding hydrogens is 408 g/mol. The number of aliphatic hydroxyl groups excluding tert-OH is 1. The highest BCUT2D eigenvalue weighted by Gasteiger charge is 1.98. The predicted molar refractivity (Wildman–Crippen MR) is 143 cm³/mol. The van der Waals surface area contributed by atoms with Gasteiger partial charge in [0.05, 0.1) is 6.61 Å². The molecule has 0 atom stereocenters. The fraction of sp³-hybridized carbons (Fsp3) is 0.567. The largest absolute Gasteiger partial charge is 0.478 e. The number of carbonyl (C=O) groups is 1. The third-order valence-corrected chi connectivity index (χ3v) is 5.89. The fourth-order valence-electron chi connectivity index (χ4n) is 3.45. The van der Waals surface area contributed by atoms with Gasteiger partial charge in [-0.3, -0.25) is 0 Å². The van der Waals surface area contributed by atoms with Crippen LogP contribution >= 0.6 is 0 Å². The third-order valence-electron chi connectivity index (χ3n) is 5.89. The molecule has 0 aliphatic carbocycles. The van der Waals surface area contributed by atoms with E-state index in [1.807, 2.05) is 6.08 Å². The van der Waals surface area contributed by atoms with Crippen LogP contribution in [-0.4, -0.2) is 22.8 Å². The molecule has 3 nitrogen and oxygen atoms in total. The van der Waals surface area contributed by atoms with Crippen molar-refractivity contribution in [2.24, 2.45) is 0 Å². The van der Waals surface area contributed by atoms with Crippen molar-refractivity contribution in [3.63, 3.8) is 0 Å². The van der Waals surface area contributed by atoms with Crippen molar-refractivity contribution >= 4 is 5.97 Å². The van der Waals surface area contributed by atoms with E-state index in [4.69, 9.17) is 10.2 Å². The van der Waals surface area contributed by atoms with Gasteiger partial charge < -0.3 is 10.2 Å². The molecule has 0 radical (unpaired) electrons. The van der Waals surface area contributed by atoms with Gasteiger partial charge in [-0.05, 0) is 106 Å². The van der Waals surface area contributed by atoms with Crippen molar-refractivity contribution in [1.82, 2.24) is 0 Å². The first-order valence-corrected chi connectivity index (χ1v) is 12.4. The maximum Gasteiger partial charge on any atom is 0.330 e. The van der Waals surface area contributed by atoms with Crippen molar-refractivity contribution in [1.29, 1.82) is 0 Å². The van der Waals surface area contributed by atoms with Crippen molar-refractivity contribution in [3.8, 4) is 0 Å². The van der Waals surface area contributed by atoms with Crippen LogP contribution in [0.2, 0.25) is 0 Å². The van der Waals surface area contributed by atoms with E-state index in [0.29, 0.717) is 5.57 Å². The molecule has 0 unspecified atom stereocenters. The second kappa shape index (κ2) is 19.3. The summed E-state index contributed by atoms with van der Waals surface area (Å²) in [5, 5.41) is 17.8. The first-order valence-electron chi connectivity index (χ1n) is 12.4. The van der Waals surface area contributed by atoms with E-state index in [-0.39, 0.29) is 6.61 Å². The topological polar surface area (TPSA) is 57.5 Å². The normalized spacial score (nSPS) is 14.8. The number of rotatable bonds is 17. The molecule has 33 heavy (non-hydrogen) atoms. The van der Waals surface area contributed by atoms with Gasteiger partial charge in [0.25, 0.3) is 0 Å². The van der Waals surface area contributed by atoms with E-state index in [9.17, 15) is 4.79 Å². The van der Waals surface area contributed by atoms with Crippen molar-refractivity contribution in [2.75, 3.05) is 6.61 Å². The van der Waals surface area contributed by atoms with Crippen LogP contribution in [0.3, 0.4) is 0 Å². The van der Waals surface area contributed by atoms with Crippen LogP contribution in [0.1, 0.15) is 106 Å². The number of carboxylic acid groups (broad SMARTS) is 1. The Balaban J connectivity index is 4.15. The van der Waals surface area contributed by atoms with E-state index in [0.717, 1.165) is 64.2 Å². The van der Waals surface area contributed by atoms with Crippen LogP contribution in [-0.2, 0) is 4.79 Å². The van der Waals surface area contributed by atoms with Crippen molar-refractivity contribution < 1.29 is 15.0 Å². The zero-order chi connectivity index (χ0) is 25.1. The van der Waals surface area contributed by atoms with Gasteiger partial charge >= 0.3 is 5.97 Å². The van der Waals surface area contributed by atoms with E-state index in [1.165, 1.54) is 27.9 Å². The molecule has 0 aliphatic heterocycles. The average molecular weight is 457 g/mol. The monoisotopic (exact) mass is 456 g/mol. The fourth-order valence-corrected chi connectivity index (χ4v) is 3.45. The lowest BCUT2D eigenvalue weighted by molar-refractivity contribution is -0.132. The minimum atomic E-state index is -0.830. The molecule has 0 saturated carbocycles. The number of carboxylic acids is 1. The van der Waals surface area contributed by atoms with Gasteiger partial charge in [-0.15, -0.1) is 0 Å². The highest BCUT2D eigenvalue weighted by atomic mass is 16.4. The van der Waals surface area contributed by atoms with Crippen molar-refractivity contribution in [3.05, 3.63) is 69.9 Å². The van der Waals surface area contributed by atoms with Crippen LogP contribution in [0.4, 0.5) is 0 Å². The third kappa shape index (κ3) is 19.1. The highest BCUT2D eigenvalue weighted by molar-refractivity contribution is 5.85. The number of aliphatic carboxylic acids is 1. The Hall–Kier alpha value is -2.13. The summed E-state index contributed by atoms with van der Waals surface area (Å²) in [6.45, 7) is 12.6. The maximum absolute atomic E-state index is 10.8. The average Bonchev–Trinajstić information content (AvgIpc) is 2.73. The Morgan fingerprint density at radius 1 is 0.515 bits per heavy atom. The van der Waals surface area contributed by atoms with E-state index < -0.39 is 5.97 Å². The molecule has 0 aromatic heterocycles. The molecule has 0 spiro atoms. The molecule has 186 valence electrons. The van der Waals surface area contributed by atoms with Crippen LogP contribution in [0.5, 0.6) is 0 Å². The van der Waals surface area contributed by atoms with Gasteiger partial charge in [0.2, 0.25) is 0 Å². The Labute approximate surface area is 203 Å². The Morgan fingerprint density at radius 3 is 1.06 bits per heavy atom. The van der Waals surface area contributed by atoms with E-state index in [1.54, 1.807) is 13.0 Å². The molecule has 0 rings (SSSR count). The van der Waals surface area contributed by atoms with Crippen LogP contribution in [0.25, 0.3) is 0 Å². The first-order chi connectivity index (χ1) is 15.6. The number of hydrogen-bond acceptors (Lipinski definition) is 2. The molecular formula is C30H48O3. The minimum absolute atomic E-state index is 0.138. The van der Waals surface area contributed by atoms with Crippen LogP contribution in [0, 0.1) is 0 Å². The summed E-state index contributed by atoms with van der Waals surface area (Å²) in [4.78, 5) is 10.8. The number of hydrogen-bond donors (Lipinski definition) is 2. The van der Waals surface area contributed by atoms with Crippen LogP contribution in [0.15, 0.2) is 69.9 Å². The molecule has 3 heteroatoms. The molecule has 0 fully saturated rings. The lowest BCUT2D eigenvalue weighted by Gasteiger charge is -2.03. The molecule has 0 aliphatic rings. The summed E-state index contributed by atoms with van der Waals surface area (Å²) in [6.07, 6.45) is 23.4. The predicted octanol–water partition coefficient (Wildman–Crippen LogP) is 8.64. The summed E-state index contributed by atoms with van der Waals surface area (Å²) >= 11 is 0. The summed E-state index contributed by atoms with van der Waals surface area (Å²) < 4.78 is 0. The SMILES string of the molecule is C/C(=C\CO)CC/C=C(\C)CC/C=C(\C)CC/C=C(\C)CC/C=C(\C)CC/C=C(\C)C(=O)O. The molecule has 0 aromatic rings. The van der Waals surface area contributed by atoms with Gasteiger partial charge in [0.1, 0.15) is 0 Å². The van der Waals surface area contributed by atoms with Gasteiger partial charge in [0, 0.05) is 5.57 Å². The second-order valence-electron chi connectivity index (χ2n) is 9.32. The molecule has 0 heterocycles. The Morgan fingerprint density at radius 2 is 0.788 bits per heavy atom. The molecule has 2 N–H and O–H groups in total. The molecule has 0 bridgehead atoms. The van der Waals surface area contributed by atoms with Gasteiger partial charge in [-0.1, -0.05) is 64.3 Å². The van der Waals surface area contributed by atoms with E-state index in [2.05, 4.69) is 58.9 Å². The summed E-state index contributed by atoms with van der Waals surface area (Å²) in [5.74, 6) is -0.830. The summed E-state index contributed by atoms with van der Waals surface area (Å²) in [5.41, 5.74) is 7.37. The smallest absolute Gasteiger partial charge is 0.330 e. The Bertz CT molecular complexity index is 757. The zero-order valence-electron chi connectivity index (χ0n) is 22.0. The van der Waals surface area contributed by atoms with Gasteiger partial charge in [0.15, 0.2) is 0 Å². The standard InChI is InChI=1S/C30H48O3/c1-24(14-8-15-26(3)18-10-19-28(5)22-23-31)12-7-13-25(2)16-9-17-27(4)20-11-21-29(6)30(32)33/h13-14,17-18,21-22,31H,7-12,15-16,19-20,23H2,1-6H3,(H,32,33)/b24-14+,25-13+,26-18+,27-17+,28-22+,29-21+. The number of allylic oxidation sites excluding steroid dienone is 10. The maximum atomic E-state index is 10.8. The second-order valence-corrected chi connectivity index (χ2v) is 9.32. The molecule has 0 aromatic carbocycles. The number of aliphatic hydroxyl groups is 1. The highest BCUT2D eigenvalue weighted by Crippen LogP contribution is 2.15. The lowest BCUT2D eigenvalue weighted by Crippen LogP contribution is -1.95. The van der Waals surface area contributed by atoms with Crippen molar-refractivity contribution in [2.45, 2.75) is 106 Å². The quantitative estimate of drug-likeness (QED) is 0.170. The lowest BCUT2D eigenvalue weighted by atomic mass is 10.0. The Kier molecular flexibility index (Phi) is 18.1. The zero-order valence-corrected chi connectivity index (χ0v) is 22.0. The molecule has 0 amide bonds. The molecule has 0 saturated heterocycles.